The molecule has 0 aromatic rings. The van der Waals surface area contributed by atoms with E-state index in [1.165, 1.54) is 12.8 Å². The van der Waals surface area contributed by atoms with Crippen molar-refractivity contribution in [2.75, 3.05) is 19.7 Å². The highest BCUT2D eigenvalue weighted by Crippen LogP contribution is 2.38. The maximum atomic E-state index is 12.3. The summed E-state index contributed by atoms with van der Waals surface area (Å²) in [6, 6.07) is 0.701. The molecule has 3 fully saturated rings. The highest BCUT2D eigenvalue weighted by Gasteiger charge is 2.47. The second kappa shape index (κ2) is 5.76. The van der Waals surface area contributed by atoms with Crippen molar-refractivity contribution in [1.29, 1.82) is 0 Å². The number of piperidine rings is 1. The summed E-state index contributed by atoms with van der Waals surface area (Å²) in [5.41, 5.74) is -0.417. The minimum absolute atomic E-state index is 0.154. The smallest absolute Gasteiger partial charge is 0.410 e. The maximum Gasteiger partial charge on any atom is 0.410 e. The van der Waals surface area contributed by atoms with Crippen LogP contribution >= 0.6 is 0 Å². The van der Waals surface area contributed by atoms with Crippen molar-refractivity contribution in [3.8, 4) is 0 Å². The standard InChI is InChI=1S/C16H28N2O3/c1-16(2,3)21-15(19)18-10-11-7-13(14(18)8-11)17-9-12-5-4-6-20-12/h11-14,17H,4-10H2,1-3H3/t11?,12-,13?,14?/m1/s1. The van der Waals surface area contributed by atoms with Gasteiger partial charge in [0.1, 0.15) is 5.60 Å². The van der Waals surface area contributed by atoms with Gasteiger partial charge in [-0.3, -0.25) is 0 Å². The van der Waals surface area contributed by atoms with Crippen molar-refractivity contribution in [3.63, 3.8) is 0 Å². The first kappa shape index (κ1) is 15.1. The van der Waals surface area contributed by atoms with Crippen LogP contribution in [0.25, 0.3) is 0 Å². The minimum atomic E-state index is -0.417. The number of carbonyl (C=O) groups is 1. The molecule has 0 radical (unpaired) electrons. The highest BCUT2D eigenvalue weighted by atomic mass is 16.6. The quantitative estimate of drug-likeness (QED) is 0.867. The topological polar surface area (TPSA) is 50.8 Å². The highest BCUT2D eigenvalue weighted by molar-refractivity contribution is 5.69. The van der Waals surface area contributed by atoms with E-state index in [-0.39, 0.29) is 6.09 Å². The Labute approximate surface area is 127 Å². The van der Waals surface area contributed by atoms with Crippen LogP contribution in [0.5, 0.6) is 0 Å². The van der Waals surface area contributed by atoms with E-state index in [2.05, 4.69) is 5.32 Å². The summed E-state index contributed by atoms with van der Waals surface area (Å²) in [5.74, 6) is 0.629. The Morgan fingerprint density at radius 1 is 1.38 bits per heavy atom. The second-order valence-corrected chi connectivity index (χ2v) is 7.69. The number of hydrogen-bond acceptors (Lipinski definition) is 4. The van der Waals surface area contributed by atoms with Crippen molar-refractivity contribution >= 4 is 6.09 Å². The van der Waals surface area contributed by atoms with Gasteiger partial charge in [-0.2, -0.15) is 0 Å². The summed E-state index contributed by atoms with van der Waals surface area (Å²) in [6.07, 6.45) is 4.83. The van der Waals surface area contributed by atoms with E-state index in [9.17, 15) is 4.79 Å². The molecule has 5 heteroatoms. The van der Waals surface area contributed by atoms with Gasteiger partial charge in [0.15, 0.2) is 0 Å². The molecule has 120 valence electrons. The van der Waals surface area contributed by atoms with Gasteiger partial charge in [-0.05, 0) is 52.4 Å². The van der Waals surface area contributed by atoms with Crippen LogP contribution in [0.2, 0.25) is 0 Å². The van der Waals surface area contributed by atoms with Crippen molar-refractivity contribution in [3.05, 3.63) is 0 Å². The molecule has 2 saturated heterocycles. The van der Waals surface area contributed by atoms with Crippen molar-refractivity contribution < 1.29 is 14.3 Å². The van der Waals surface area contributed by atoms with Crippen LogP contribution in [0.3, 0.4) is 0 Å². The molecule has 0 aromatic carbocycles. The molecular weight excluding hydrogens is 268 g/mol. The molecule has 1 aliphatic carbocycles. The van der Waals surface area contributed by atoms with E-state index in [1.54, 1.807) is 0 Å². The predicted molar refractivity (Wildman–Crippen MR) is 80.2 cm³/mol. The van der Waals surface area contributed by atoms with Crippen molar-refractivity contribution in [2.24, 2.45) is 5.92 Å². The molecule has 2 heterocycles. The Morgan fingerprint density at radius 3 is 2.81 bits per heavy atom. The average Bonchev–Trinajstić information content (AvgIpc) is 3.10. The van der Waals surface area contributed by atoms with Crippen LogP contribution in [0, 0.1) is 5.92 Å². The summed E-state index contributed by atoms with van der Waals surface area (Å²) in [5, 5.41) is 3.63. The summed E-state index contributed by atoms with van der Waals surface area (Å²) in [6.45, 7) is 8.44. The summed E-state index contributed by atoms with van der Waals surface area (Å²) < 4.78 is 11.2. The lowest BCUT2D eigenvalue weighted by Crippen LogP contribution is -2.52. The number of amides is 1. The van der Waals surface area contributed by atoms with Gasteiger partial charge in [-0.1, -0.05) is 0 Å². The third-order valence-corrected chi connectivity index (χ3v) is 4.74. The number of hydrogen-bond donors (Lipinski definition) is 1. The fourth-order valence-corrected chi connectivity index (χ4v) is 3.86. The monoisotopic (exact) mass is 296 g/mol. The Bertz CT molecular complexity index is 387. The Balaban J connectivity index is 1.53. The number of fused-ring (bicyclic) bond motifs is 2. The molecule has 4 atom stereocenters. The Hall–Kier alpha value is -0.810. The number of nitrogens with zero attached hydrogens (tertiary/aromatic N) is 1. The van der Waals surface area contributed by atoms with Crippen LogP contribution in [0.15, 0.2) is 0 Å². The van der Waals surface area contributed by atoms with Gasteiger partial charge in [-0.15, -0.1) is 0 Å². The Morgan fingerprint density at radius 2 is 2.19 bits per heavy atom. The van der Waals surface area contributed by atoms with E-state index in [0.29, 0.717) is 24.1 Å². The number of likely N-dealkylation sites (tertiary alicyclic amines) is 1. The molecule has 1 N–H and O–H groups in total. The molecule has 3 aliphatic rings. The molecule has 0 spiro atoms. The fourth-order valence-electron chi connectivity index (χ4n) is 3.86. The molecule has 3 rings (SSSR count). The predicted octanol–water partition coefficient (Wildman–Crippen LogP) is 2.15. The average molecular weight is 296 g/mol. The number of carbonyl (C=O) groups excluding carboxylic acids is 1. The zero-order valence-corrected chi connectivity index (χ0v) is 13.4. The molecule has 1 saturated carbocycles. The molecule has 1 amide bonds. The van der Waals surface area contributed by atoms with Crippen molar-refractivity contribution in [2.45, 2.75) is 70.2 Å². The fraction of sp³-hybridized carbons (Fsp3) is 0.938. The lowest BCUT2D eigenvalue weighted by atomic mass is 10.1. The van der Waals surface area contributed by atoms with Crippen LogP contribution < -0.4 is 5.32 Å². The lowest BCUT2D eigenvalue weighted by molar-refractivity contribution is 0.0150. The van der Waals surface area contributed by atoms with Crippen LogP contribution in [0.1, 0.15) is 46.5 Å². The SMILES string of the molecule is CC(C)(C)OC(=O)N1CC2CC(NC[C@H]3CCCO3)C1C2. The molecule has 2 bridgehead atoms. The lowest BCUT2D eigenvalue weighted by Gasteiger charge is -2.35. The summed E-state index contributed by atoms with van der Waals surface area (Å²) >= 11 is 0. The first-order valence-corrected chi connectivity index (χ1v) is 8.27. The van der Waals surface area contributed by atoms with Gasteiger partial charge >= 0.3 is 6.09 Å². The van der Waals surface area contributed by atoms with Crippen LogP contribution in [0.4, 0.5) is 4.79 Å². The van der Waals surface area contributed by atoms with E-state index in [4.69, 9.17) is 9.47 Å². The molecule has 0 aromatic heterocycles. The molecular formula is C16H28N2O3. The number of rotatable bonds is 3. The largest absolute Gasteiger partial charge is 0.444 e. The third-order valence-electron chi connectivity index (χ3n) is 4.74. The van der Waals surface area contributed by atoms with Crippen LogP contribution in [-0.2, 0) is 9.47 Å². The first-order valence-electron chi connectivity index (χ1n) is 8.27. The van der Waals surface area contributed by atoms with Crippen molar-refractivity contribution in [1.82, 2.24) is 10.2 Å². The molecule has 3 unspecified atom stereocenters. The number of ether oxygens (including phenoxy) is 2. The van der Waals surface area contributed by atoms with Gasteiger partial charge in [0, 0.05) is 25.7 Å². The van der Waals surface area contributed by atoms with Gasteiger partial charge in [0.25, 0.3) is 0 Å². The maximum absolute atomic E-state index is 12.3. The first-order chi connectivity index (χ1) is 9.92. The van der Waals surface area contributed by atoms with E-state index >= 15 is 0 Å². The molecule has 21 heavy (non-hydrogen) atoms. The van der Waals surface area contributed by atoms with Gasteiger partial charge < -0.3 is 19.7 Å². The zero-order valence-electron chi connectivity index (χ0n) is 13.4. The molecule has 2 aliphatic heterocycles. The number of nitrogens with one attached hydrogen (secondary N) is 1. The molecule has 5 nitrogen and oxygen atoms in total. The normalized spacial score (nSPS) is 35.5. The van der Waals surface area contributed by atoms with Crippen LogP contribution in [-0.4, -0.2) is 54.5 Å². The van der Waals surface area contributed by atoms with Gasteiger partial charge in [0.2, 0.25) is 0 Å². The zero-order chi connectivity index (χ0) is 15.0. The van der Waals surface area contributed by atoms with E-state index in [0.717, 1.165) is 32.5 Å². The summed E-state index contributed by atoms with van der Waals surface area (Å²) in [7, 11) is 0. The Kier molecular flexibility index (Phi) is 4.14. The van der Waals surface area contributed by atoms with Gasteiger partial charge in [0.05, 0.1) is 12.1 Å². The van der Waals surface area contributed by atoms with E-state index in [1.807, 2.05) is 25.7 Å². The third kappa shape index (κ3) is 3.51. The summed E-state index contributed by atoms with van der Waals surface area (Å²) in [4.78, 5) is 14.2. The van der Waals surface area contributed by atoms with E-state index < -0.39 is 5.60 Å². The second-order valence-electron chi connectivity index (χ2n) is 7.69. The van der Waals surface area contributed by atoms with Gasteiger partial charge in [-0.25, -0.2) is 4.79 Å². The minimum Gasteiger partial charge on any atom is -0.444 e.